The first-order valence-corrected chi connectivity index (χ1v) is 12.7. The molecule has 0 saturated carbocycles. The van der Waals surface area contributed by atoms with E-state index in [0.29, 0.717) is 42.3 Å². The number of likely N-dealkylation sites (tertiary alicyclic amines) is 1. The first-order chi connectivity index (χ1) is 17.5. The third kappa shape index (κ3) is 6.08. The second kappa shape index (κ2) is 10.6. The Hall–Kier alpha value is -3.93. The van der Waals surface area contributed by atoms with Crippen molar-refractivity contribution in [2.45, 2.75) is 51.9 Å². The number of nitro groups is 1. The maximum absolute atomic E-state index is 13.2. The monoisotopic (exact) mass is 524 g/mol. The number of aromatic nitrogens is 3. The number of hydrogen-bond acceptors (Lipinski definition) is 9. The lowest BCUT2D eigenvalue weighted by molar-refractivity contribution is -0.385. The Morgan fingerprint density at radius 1 is 1.14 bits per heavy atom. The van der Waals surface area contributed by atoms with E-state index in [9.17, 15) is 19.7 Å². The Morgan fingerprint density at radius 2 is 1.84 bits per heavy atom. The van der Waals surface area contributed by atoms with Gasteiger partial charge in [-0.05, 0) is 38.0 Å². The molecule has 3 heterocycles. The third-order valence-corrected chi connectivity index (χ3v) is 7.26. The van der Waals surface area contributed by atoms with Crippen molar-refractivity contribution in [2.24, 2.45) is 0 Å². The van der Waals surface area contributed by atoms with E-state index < -0.39 is 11.0 Å². The first kappa shape index (κ1) is 26.1. The molecule has 12 heteroatoms. The summed E-state index contributed by atoms with van der Waals surface area (Å²) in [5.41, 5.74) is 1.48. The fraction of sp³-hybridized carbons (Fsp3) is 0.400. The number of amides is 2. The summed E-state index contributed by atoms with van der Waals surface area (Å²) in [5, 5.41) is 23.6. The van der Waals surface area contributed by atoms with Crippen LogP contribution in [0.1, 0.15) is 66.3 Å². The van der Waals surface area contributed by atoms with E-state index in [1.54, 1.807) is 18.2 Å². The van der Waals surface area contributed by atoms with Gasteiger partial charge < -0.3 is 9.64 Å². The molecule has 0 atom stereocenters. The normalized spacial score (nSPS) is 14.3. The number of anilines is 1. The zero-order valence-corrected chi connectivity index (χ0v) is 21.9. The molecule has 1 saturated heterocycles. The van der Waals surface area contributed by atoms with Crippen LogP contribution in [0.25, 0.3) is 0 Å². The SMILES string of the molecule is Cc1ccc(C(=O)Nc2nnc(C(C)(C)C)s2)c(C2CCN(C(=O)Oc3ccccc3[N+](=O)[O-])CC2)n1. The van der Waals surface area contributed by atoms with Crippen LogP contribution in [0.15, 0.2) is 36.4 Å². The average Bonchev–Trinajstić information content (AvgIpc) is 3.33. The van der Waals surface area contributed by atoms with Crippen molar-refractivity contribution in [3.05, 3.63) is 68.5 Å². The van der Waals surface area contributed by atoms with Gasteiger partial charge in [0, 0.05) is 36.2 Å². The Bertz CT molecular complexity index is 1330. The molecule has 1 N–H and O–H groups in total. The van der Waals surface area contributed by atoms with Gasteiger partial charge >= 0.3 is 11.8 Å². The Kier molecular flexibility index (Phi) is 7.48. The van der Waals surface area contributed by atoms with Gasteiger partial charge in [0.2, 0.25) is 10.9 Å². The minimum absolute atomic E-state index is 0.0460. The lowest BCUT2D eigenvalue weighted by Crippen LogP contribution is -2.40. The standard InChI is InChI=1S/C25H28N6O5S/c1-15-9-10-17(21(32)27-23-29-28-22(37-23)25(2,3)4)20(26-15)16-11-13-30(14-12-16)24(33)36-19-8-6-5-7-18(19)31(34)35/h5-10,16H,11-14H2,1-4H3,(H,27,29,32). The molecule has 1 aliphatic rings. The molecule has 194 valence electrons. The molecular formula is C25H28N6O5S. The number of benzene rings is 1. The van der Waals surface area contributed by atoms with E-state index in [-0.39, 0.29) is 28.7 Å². The Balaban J connectivity index is 1.44. The summed E-state index contributed by atoms with van der Waals surface area (Å²) in [7, 11) is 0. The summed E-state index contributed by atoms with van der Waals surface area (Å²) < 4.78 is 5.31. The van der Waals surface area contributed by atoms with Crippen LogP contribution < -0.4 is 10.1 Å². The molecule has 0 radical (unpaired) electrons. The quantitative estimate of drug-likeness (QED) is 0.360. The number of rotatable bonds is 5. The van der Waals surface area contributed by atoms with Crippen LogP contribution in [0, 0.1) is 17.0 Å². The molecule has 1 fully saturated rings. The van der Waals surface area contributed by atoms with Crippen molar-refractivity contribution in [1.82, 2.24) is 20.1 Å². The highest BCUT2D eigenvalue weighted by molar-refractivity contribution is 7.15. The first-order valence-electron chi connectivity index (χ1n) is 11.9. The highest BCUT2D eigenvalue weighted by Crippen LogP contribution is 2.32. The van der Waals surface area contributed by atoms with Crippen molar-refractivity contribution in [3.8, 4) is 5.75 Å². The summed E-state index contributed by atoms with van der Waals surface area (Å²) in [4.78, 5) is 42.6. The number of nitrogens with one attached hydrogen (secondary N) is 1. The highest BCUT2D eigenvalue weighted by Gasteiger charge is 2.30. The van der Waals surface area contributed by atoms with Crippen molar-refractivity contribution >= 4 is 34.2 Å². The van der Waals surface area contributed by atoms with Gasteiger partial charge in [0.15, 0.2) is 0 Å². The van der Waals surface area contributed by atoms with Gasteiger partial charge in [-0.25, -0.2) is 4.79 Å². The second-order valence-corrected chi connectivity index (χ2v) is 10.8. The van der Waals surface area contributed by atoms with E-state index in [1.165, 1.54) is 34.4 Å². The number of nitrogens with zero attached hydrogens (tertiary/aromatic N) is 5. The van der Waals surface area contributed by atoms with Crippen LogP contribution >= 0.6 is 11.3 Å². The zero-order chi connectivity index (χ0) is 26.7. The number of piperidine rings is 1. The number of para-hydroxylation sites is 2. The molecule has 2 aromatic heterocycles. The molecule has 11 nitrogen and oxygen atoms in total. The van der Waals surface area contributed by atoms with Gasteiger partial charge in [-0.2, -0.15) is 0 Å². The summed E-state index contributed by atoms with van der Waals surface area (Å²) in [5.74, 6) is -0.446. The molecular weight excluding hydrogens is 496 g/mol. The molecule has 1 aromatic carbocycles. The molecule has 0 unspecified atom stereocenters. The smallest absolute Gasteiger partial charge is 0.403 e. The number of nitro benzene ring substituents is 1. The van der Waals surface area contributed by atoms with Gasteiger partial charge in [-0.15, -0.1) is 10.2 Å². The topological polar surface area (TPSA) is 140 Å². The molecule has 0 aliphatic carbocycles. The van der Waals surface area contributed by atoms with Gasteiger partial charge in [-0.3, -0.25) is 25.2 Å². The van der Waals surface area contributed by atoms with Crippen LogP contribution in [-0.2, 0) is 5.41 Å². The number of ether oxygens (including phenoxy) is 1. The minimum atomic E-state index is -0.645. The van der Waals surface area contributed by atoms with Crippen LogP contribution in [0.2, 0.25) is 0 Å². The Labute approximate surface area is 218 Å². The number of carbonyl (C=O) groups is 2. The molecule has 4 rings (SSSR count). The molecule has 1 aliphatic heterocycles. The molecule has 37 heavy (non-hydrogen) atoms. The average molecular weight is 525 g/mol. The van der Waals surface area contributed by atoms with E-state index in [4.69, 9.17) is 4.74 Å². The van der Waals surface area contributed by atoms with E-state index in [2.05, 4.69) is 20.5 Å². The third-order valence-electron chi connectivity index (χ3n) is 5.99. The Morgan fingerprint density at radius 3 is 2.49 bits per heavy atom. The van der Waals surface area contributed by atoms with Gasteiger partial charge in [0.1, 0.15) is 5.01 Å². The lowest BCUT2D eigenvalue weighted by Gasteiger charge is -2.31. The summed E-state index contributed by atoms with van der Waals surface area (Å²) in [6.45, 7) is 8.70. The lowest BCUT2D eigenvalue weighted by atomic mass is 9.90. The van der Waals surface area contributed by atoms with E-state index in [0.717, 1.165) is 10.7 Å². The van der Waals surface area contributed by atoms with Crippen LogP contribution in [-0.4, -0.2) is 50.1 Å². The molecule has 0 bridgehead atoms. The van der Waals surface area contributed by atoms with Crippen molar-refractivity contribution in [1.29, 1.82) is 0 Å². The van der Waals surface area contributed by atoms with Crippen LogP contribution in [0.5, 0.6) is 5.75 Å². The number of aryl methyl sites for hydroxylation is 1. The molecule has 2 amide bonds. The number of carbonyl (C=O) groups excluding carboxylic acids is 2. The number of pyridine rings is 1. The van der Waals surface area contributed by atoms with Crippen LogP contribution in [0.4, 0.5) is 15.6 Å². The van der Waals surface area contributed by atoms with Gasteiger partial charge in [0.05, 0.1) is 16.2 Å². The predicted molar refractivity (Wildman–Crippen MR) is 138 cm³/mol. The fourth-order valence-corrected chi connectivity index (χ4v) is 4.81. The fourth-order valence-electron chi connectivity index (χ4n) is 4.01. The maximum atomic E-state index is 13.2. The van der Waals surface area contributed by atoms with Crippen molar-refractivity contribution in [2.75, 3.05) is 18.4 Å². The largest absolute Gasteiger partial charge is 0.415 e. The minimum Gasteiger partial charge on any atom is -0.403 e. The summed E-state index contributed by atoms with van der Waals surface area (Å²) in [6, 6.07) is 9.32. The summed E-state index contributed by atoms with van der Waals surface area (Å²) in [6.07, 6.45) is 0.486. The molecule has 3 aromatic rings. The van der Waals surface area contributed by atoms with E-state index in [1.807, 2.05) is 27.7 Å². The predicted octanol–water partition coefficient (Wildman–Crippen LogP) is 5.08. The second-order valence-electron chi connectivity index (χ2n) is 9.86. The molecule has 0 spiro atoms. The van der Waals surface area contributed by atoms with Gasteiger partial charge in [0.25, 0.3) is 5.91 Å². The van der Waals surface area contributed by atoms with Gasteiger partial charge in [-0.1, -0.05) is 44.2 Å². The zero-order valence-electron chi connectivity index (χ0n) is 21.1. The van der Waals surface area contributed by atoms with Crippen molar-refractivity contribution < 1.29 is 19.2 Å². The highest BCUT2D eigenvalue weighted by atomic mass is 32.1. The summed E-state index contributed by atoms with van der Waals surface area (Å²) >= 11 is 1.34. The number of hydrogen-bond donors (Lipinski definition) is 1. The maximum Gasteiger partial charge on any atom is 0.415 e. The van der Waals surface area contributed by atoms with E-state index >= 15 is 0 Å². The van der Waals surface area contributed by atoms with Crippen molar-refractivity contribution in [3.63, 3.8) is 0 Å². The van der Waals surface area contributed by atoms with Crippen LogP contribution in [0.3, 0.4) is 0 Å².